The van der Waals surface area contributed by atoms with Crippen LogP contribution in [0.2, 0.25) is 0 Å². The number of carboxylic acids is 1. The second kappa shape index (κ2) is 7.89. The Hall–Kier alpha value is -1.30. The number of aliphatic hydroxyl groups excluding tert-OH is 1. The number of carbonyl (C=O) groups excluding carboxylic acids is 1. The molecule has 0 aromatic carbocycles. The zero-order chi connectivity index (χ0) is 13.4. The quantitative estimate of drug-likeness (QED) is 0.610. The van der Waals surface area contributed by atoms with E-state index in [1.54, 1.807) is 11.9 Å². The minimum atomic E-state index is -1.42. The molecule has 0 aromatic heterocycles. The van der Waals surface area contributed by atoms with Crippen molar-refractivity contribution >= 4 is 12.0 Å². The number of nitrogens with zero attached hydrogens (tertiary/aromatic N) is 1. The van der Waals surface area contributed by atoms with Gasteiger partial charge in [-0.1, -0.05) is 13.8 Å². The molecule has 6 nitrogen and oxygen atoms in total. The van der Waals surface area contributed by atoms with Crippen LogP contribution < -0.4 is 5.32 Å². The lowest BCUT2D eigenvalue weighted by Gasteiger charge is -2.19. The van der Waals surface area contributed by atoms with Crippen LogP contribution in [0.3, 0.4) is 0 Å². The second-order valence-electron chi connectivity index (χ2n) is 4.48. The van der Waals surface area contributed by atoms with Crippen molar-refractivity contribution < 1.29 is 19.8 Å². The molecule has 0 spiro atoms. The summed E-state index contributed by atoms with van der Waals surface area (Å²) in [5, 5.41) is 20.0. The second-order valence-corrected chi connectivity index (χ2v) is 4.48. The van der Waals surface area contributed by atoms with Gasteiger partial charge < -0.3 is 20.4 Å². The van der Waals surface area contributed by atoms with Crippen LogP contribution in [-0.4, -0.2) is 53.4 Å². The number of aliphatic hydroxyl groups is 1. The molecule has 1 unspecified atom stereocenters. The first-order chi connectivity index (χ1) is 7.84. The summed E-state index contributed by atoms with van der Waals surface area (Å²) in [7, 11) is 1.69. The molecule has 1 atom stereocenters. The van der Waals surface area contributed by atoms with Gasteiger partial charge in [0, 0.05) is 26.6 Å². The van der Waals surface area contributed by atoms with Crippen molar-refractivity contribution in [2.75, 3.05) is 20.1 Å². The van der Waals surface area contributed by atoms with Gasteiger partial charge in [-0.2, -0.15) is 0 Å². The molecule has 0 rings (SSSR count). The highest BCUT2D eigenvalue weighted by Gasteiger charge is 2.14. The molecule has 0 heterocycles. The van der Waals surface area contributed by atoms with E-state index in [0.29, 0.717) is 12.5 Å². The van der Waals surface area contributed by atoms with Crippen molar-refractivity contribution in [1.29, 1.82) is 0 Å². The third kappa shape index (κ3) is 7.57. The van der Waals surface area contributed by atoms with Crippen molar-refractivity contribution in [1.82, 2.24) is 10.2 Å². The Morgan fingerprint density at radius 2 is 1.88 bits per heavy atom. The molecule has 0 bridgehead atoms. The maximum Gasteiger partial charge on any atom is 0.332 e. The Morgan fingerprint density at radius 3 is 2.35 bits per heavy atom. The zero-order valence-corrected chi connectivity index (χ0v) is 10.6. The first kappa shape index (κ1) is 15.7. The number of urea groups is 1. The number of carbonyl (C=O) groups is 2. The topological polar surface area (TPSA) is 89.9 Å². The van der Waals surface area contributed by atoms with Crippen LogP contribution >= 0.6 is 0 Å². The standard InChI is InChI=1S/C11H22N2O4/c1-8(2)5-7-13(3)11(17)12-6-4-9(14)10(15)16/h8-9,14H,4-7H2,1-3H3,(H,12,17)(H,15,16). The van der Waals surface area contributed by atoms with E-state index in [9.17, 15) is 9.59 Å². The van der Waals surface area contributed by atoms with Crippen molar-refractivity contribution in [3.8, 4) is 0 Å². The lowest BCUT2D eigenvalue weighted by Crippen LogP contribution is -2.39. The molecule has 0 aromatic rings. The van der Waals surface area contributed by atoms with Crippen LogP contribution in [0.5, 0.6) is 0 Å². The third-order valence-electron chi connectivity index (χ3n) is 2.37. The first-order valence-electron chi connectivity index (χ1n) is 5.74. The number of hydrogen-bond acceptors (Lipinski definition) is 3. The molecule has 0 saturated heterocycles. The predicted octanol–water partition coefficient (Wildman–Crippen LogP) is 0.509. The molecule has 0 fully saturated rings. The molecular formula is C11H22N2O4. The lowest BCUT2D eigenvalue weighted by molar-refractivity contribution is -0.146. The molecule has 6 heteroatoms. The monoisotopic (exact) mass is 246 g/mol. The summed E-state index contributed by atoms with van der Waals surface area (Å²) in [5.41, 5.74) is 0. The smallest absolute Gasteiger partial charge is 0.332 e. The van der Waals surface area contributed by atoms with E-state index in [2.05, 4.69) is 19.2 Å². The Labute approximate surface area is 102 Å². The van der Waals surface area contributed by atoms with Gasteiger partial charge in [0.1, 0.15) is 0 Å². The Balaban J connectivity index is 3.74. The van der Waals surface area contributed by atoms with E-state index in [0.717, 1.165) is 6.42 Å². The highest BCUT2D eigenvalue weighted by molar-refractivity contribution is 5.74. The van der Waals surface area contributed by atoms with Crippen molar-refractivity contribution in [2.45, 2.75) is 32.8 Å². The van der Waals surface area contributed by atoms with Gasteiger partial charge in [0.25, 0.3) is 0 Å². The fourth-order valence-electron chi connectivity index (χ4n) is 1.13. The van der Waals surface area contributed by atoms with Crippen LogP contribution in [0.25, 0.3) is 0 Å². The normalized spacial score (nSPS) is 12.3. The lowest BCUT2D eigenvalue weighted by atomic mass is 10.1. The zero-order valence-electron chi connectivity index (χ0n) is 10.6. The van der Waals surface area contributed by atoms with Crippen LogP contribution in [0.1, 0.15) is 26.7 Å². The summed E-state index contributed by atoms with van der Waals surface area (Å²) in [6.45, 7) is 4.97. The molecule has 0 radical (unpaired) electrons. The summed E-state index contributed by atoms with van der Waals surface area (Å²) >= 11 is 0. The largest absolute Gasteiger partial charge is 0.479 e. The Kier molecular flexibility index (Phi) is 7.29. The van der Waals surface area contributed by atoms with Crippen molar-refractivity contribution in [2.24, 2.45) is 5.92 Å². The number of rotatable bonds is 7. The van der Waals surface area contributed by atoms with Gasteiger partial charge in [0.15, 0.2) is 6.10 Å². The molecule has 0 aliphatic heterocycles. The van der Waals surface area contributed by atoms with E-state index in [1.807, 2.05) is 0 Å². The summed E-state index contributed by atoms with van der Waals surface area (Å²) in [6, 6.07) is -0.247. The fourth-order valence-corrected chi connectivity index (χ4v) is 1.13. The number of nitrogens with one attached hydrogen (secondary N) is 1. The van der Waals surface area contributed by atoms with E-state index in [1.165, 1.54) is 0 Å². The van der Waals surface area contributed by atoms with Crippen LogP contribution in [-0.2, 0) is 4.79 Å². The van der Waals surface area contributed by atoms with Gasteiger partial charge in [-0.3, -0.25) is 0 Å². The van der Waals surface area contributed by atoms with E-state index < -0.39 is 12.1 Å². The number of amides is 2. The van der Waals surface area contributed by atoms with Gasteiger partial charge in [-0.25, -0.2) is 9.59 Å². The summed E-state index contributed by atoms with van der Waals surface area (Å²) in [5.74, 6) is -0.744. The Bertz CT molecular complexity index is 256. The fraction of sp³-hybridized carbons (Fsp3) is 0.818. The SMILES string of the molecule is CC(C)CCN(C)C(=O)NCCC(O)C(=O)O. The molecule has 17 heavy (non-hydrogen) atoms. The molecule has 0 saturated carbocycles. The van der Waals surface area contributed by atoms with Gasteiger partial charge in [0.2, 0.25) is 0 Å². The maximum atomic E-state index is 11.5. The molecule has 100 valence electrons. The first-order valence-corrected chi connectivity index (χ1v) is 5.74. The number of hydrogen-bond donors (Lipinski definition) is 3. The van der Waals surface area contributed by atoms with Gasteiger partial charge in [-0.05, 0) is 12.3 Å². The molecular weight excluding hydrogens is 224 g/mol. The van der Waals surface area contributed by atoms with Gasteiger partial charge in [-0.15, -0.1) is 0 Å². The highest BCUT2D eigenvalue weighted by atomic mass is 16.4. The van der Waals surface area contributed by atoms with Gasteiger partial charge >= 0.3 is 12.0 Å². The molecule has 0 aliphatic rings. The van der Waals surface area contributed by atoms with Crippen LogP contribution in [0, 0.1) is 5.92 Å². The third-order valence-corrected chi connectivity index (χ3v) is 2.37. The van der Waals surface area contributed by atoms with Crippen molar-refractivity contribution in [3.05, 3.63) is 0 Å². The van der Waals surface area contributed by atoms with Gasteiger partial charge in [0.05, 0.1) is 0 Å². The summed E-state index contributed by atoms with van der Waals surface area (Å²) in [6.07, 6.45) is -0.489. The molecule has 3 N–H and O–H groups in total. The van der Waals surface area contributed by atoms with E-state index in [-0.39, 0.29) is 19.0 Å². The highest BCUT2D eigenvalue weighted by Crippen LogP contribution is 2.00. The summed E-state index contributed by atoms with van der Waals surface area (Å²) in [4.78, 5) is 23.4. The Morgan fingerprint density at radius 1 is 1.29 bits per heavy atom. The summed E-state index contributed by atoms with van der Waals surface area (Å²) < 4.78 is 0. The van der Waals surface area contributed by atoms with Crippen LogP contribution in [0.4, 0.5) is 4.79 Å². The number of carboxylic acid groups (broad SMARTS) is 1. The van der Waals surface area contributed by atoms with Crippen molar-refractivity contribution in [3.63, 3.8) is 0 Å². The average molecular weight is 246 g/mol. The van der Waals surface area contributed by atoms with E-state index >= 15 is 0 Å². The predicted molar refractivity (Wildman–Crippen MR) is 63.7 cm³/mol. The average Bonchev–Trinajstić information content (AvgIpc) is 2.25. The maximum absolute atomic E-state index is 11.5. The molecule has 2 amide bonds. The molecule has 0 aliphatic carbocycles. The minimum absolute atomic E-state index is 0.0130. The van der Waals surface area contributed by atoms with Crippen LogP contribution in [0.15, 0.2) is 0 Å². The minimum Gasteiger partial charge on any atom is -0.479 e. The number of aliphatic carboxylic acids is 1. The van der Waals surface area contributed by atoms with E-state index in [4.69, 9.17) is 10.2 Å².